The Morgan fingerprint density at radius 2 is 1.77 bits per heavy atom. The molecule has 1 aromatic rings. The molecule has 0 radical (unpaired) electrons. The fourth-order valence-electron chi connectivity index (χ4n) is 4.50. The molecule has 1 saturated heterocycles. The Morgan fingerprint density at radius 3 is 2.30 bits per heavy atom. The summed E-state index contributed by atoms with van der Waals surface area (Å²) in [5.41, 5.74) is -0.0335. The normalized spacial score (nSPS) is 18.1. The van der Waals surface area contributed by atoms with E-state index < -0.39 is 5.60 Å². The number of carbonyl (C=O) groups is 1. The van der Waals surface area contributed by atoms with Gasteiger partial charge in [0.1, 0.15) is 18.0 Å². The summed E-state index contributed by atoms with van der Waals surface area (Å²) in [4.78, 5) is 15.6. The molecule has 5 heteroatoms. The number of ether oxygens (including phenoxy) is 2. The molecule has 0 aliphatic carbocycles. The Hall–Kier alpha value is -1.59. The average molecular weight is 419 g/mol. The molecule has 30 heavy (non-hydrogen) atoms. The maximum Gasteiger partial charge on any atom is 0.256 e. The van der Waals surface area contributed by atoms with Gasteiger partial charge in [0.25, 0.3) is 5.91 Å². The van der Waals surface area contributed by atoms with Gasteiger partial charge in [0.15, 0.2) is 0 Å². The highest BCUT2D eigenvalue weighted by Crippen LogP contribution is 2.30. The second kappa shape index (κ2) is 11.7. The van der Waals surface area contributed by atoms with Crippen molar-refractivity contribution in [2.45, 2.75) is 78.4 Å². The largest absolute Gasteiger partial charge is 0.492 e. The first kappa shape index (κ1) is 24.7. The summed E-state index contributed by atoms with van der Waals surface area (Å²) in [6.07, 6.45) is 5.30. The van der Waals surface area contributed by atoms with Crippen molar-refractivity contribution in [1.82, 2.24) is 4.90 Å². The molecule has 2 rings (SSSR count). The fourth-order valence-corrected chi connectivity index (χ4v) is 4.50. The molecule has 1 atom stereocenters. The van der Waals surface area contributed by atoms with E-state index in [4.69, 9.17) is 9.47 Å². The van der Waals surface area contributed by atoms with Gasteiger partial charge in [-0.25, -0.2) is 0 Å². The van der Waals surface area contributed by atoms with Gasteiger partial charge < -0.3 is 14.8 Å². The summed E-state index contributed by atoms with van der Waals surface area (Å²) < 4.78 is 11.7. The number of anilines is 1. The van der Waals surface area contributed by atoms with Crippen LogP contribution < -0.4 is 10.1 Å². The molecule has 0 spiro atoms. The smallest absolute Gasteiger partial charge is 0.256 e. The number of benzene rings is 1. The van der Waals surface area contributed by atoms with E-state index in [0.717, 1.165) is 18.0 Å². The van der Waals surface area contributed by atoms with Gasteiger partial charge in [0.2, 0.25) is 0 Å². The summed E-state index contributed by atoms with van der Waals surface area (Å²) in [5, 5.41) is 3.06. The van der Waals surface area contributed by atoms with E-state index in [2.05, 4.69) is 44.8 Å². The number of hydrogen-bond donors (Lipinski definition) is 1. The number of nitrogens with zero attached hydrogens (tertiary/aromatic N) is 1. The van der Waals surface area contributed by atoms with Crippen LogP contribution in [0.15, 0.2) is 24.3 Å². The molecular weight excluding hydrogens is 376 g/mol. The molecule has 1 aromatic carbocycles. The average Bonchev–Trinajstić information content (AvgIpc) is 2.69. The minimum absolute atomic E-state index is 0.0693. The summed E-state index contributed by atoms with van der Waals surface area (Å²) >= 11 is 0. The quantitative estimate of drug-likeness (QED) is 0.526. The first-order chi connectivity index (χ1) is 14.3. The molecule has 1 aliphatic rings. The number of piperidine rings is 1. The van der Waals surface area contributed by atoms with Crippen LogP contribution in [0, 0.1) is 11.8 Å². The van der Waals surface area contributed by atoms with Crippen molar-refractivity contribution in [2.24, 2.45) is 11.8 Å². The van der Waals surface area contributed by atoms with Crippen LogP contribution in [0.3, 0.4) is 0 Å². The Kier molecular flexibility index (Phi) is 9.63. The maximum atomic E-state index is 13.1. The lowest BCUT2D eigenvalue weighted by Gasteiger charge is -2.34. The molecule has 1 N–H and O–H groups in total. The predicted molar refractivity (Wildman–Crippen MR) is 124 cm³/mol. The van der Waals surface area contributed by atoms with Gasteiger partial charge in [-0.05, 0) is 75.3 Å². The highest BCUT2D eigenvalue weighted by molar-refractivity contribution is 5.97. The molecule has 0 bridgehead atoms. The van der Waals surface area contributed by atoms with Crippen LogP contribution in [0.4, 0.5) is 5.69 Å². The molecule has 0 saturated carbocycles. The number of rotatable bonds is 11. The number of carbonyl (C=O) groups excluding carboxylic acids is 1. The van der Waals surface area contributed by atoms with Gasteiger partial charge >= 0.3 is 0 Å². The van der Waals surface area contributed by atoms with Gasteiger partial charge in [-0.3, -0.25) is 9.69 Å². The van der Waals surface area contributed by atoms with E-state index in [-0.39, 0.29) is 5.91 Å². The number of methoxy groups -OCH3 is 1. The van der Waals surface area contributed by atoms with Crippen LogP contribution in [0.1, 0.15) is 66.7 Å². The Balaban J connectivity index is 1.92. The predicted octanol–water partition coefficient (Wildman–Crippen LogP) is 5.36. The number of amides is 1. The highest BCUT2D eigenvalue weighted by Gasteiger charge is 2.39. The Morgan fingerprint density at radius 1 is 1.13 bits per heavy atom. The van der Waals surface area contributed by atoms with E-state index in [1.807, 2.05) is 24.3 Å². The Labute approximate surface area is 183 Å². The van der Waals surface area contributed by atoms with Crippen LogP contribution >= 0.6 is 0 Å². The molecule has 0 aromatic heterocycles. The van der Waals surface area contributed by atoms with Crippen LogP contribution in [0.5, 0.6) is 5.75 Å². The van der Waals surface area contributed by atoms with Crippen molar-refractivity contribution in [3.63, 3.8) is 0 Å². The lowest BCUT2D eigenvalue weighted by molar-refractivity contribution is -0.142. The lowest BCUT2D eigenvalue weighted by atomic mass is 9.84. The SMILES string of the molecule is COC(CC(C)C)(CC(C)C)C(=O)Nc1ccc(OCCN2CCCC[C@@H]2C)cc1. The molecule has 170 valence electrons. The van der Waals surface area contributed by atoms with Crippen molar-refractivity contribution in [2.75, 3.05) is 32.1 Å². The monoisotopic (exact) mass is 418 g/mol. The van der Waals surface area contributed by atoms with Gasteiger partial charge in [-0.15, -0.1) is 0 Å². The topological polar surface area (TPSA) is 50.8 Å². The third-order valence-electron chi connectivity index (χ3n) is 5.98. The van der Waals surface area contributed by atoms with Crippen LogP contribution in [0.2, 0.25) is 0 Å². The van der Waals surface area contributed by atoms with Crippen molar-refractivity contribution in [3.05, 3.63) is 24.3 Å². The van der Waals surface area contributed by atoms with Crippen LogP contribution in [-0.2, 0) is 9.53 Å². The molecule has 1 fully saturated rings. The number of nitrogens with one attached hydrogen (secondary N) is 1. The zero-order valence-electron chi connectivity index (χ0n) is 19.9. The number of hydrogen-bond acceptors (Lipinski definition) is 4. The van der Waals surface area contributed by atoms with E-state index in [1.54, 1.807) is 7.11 Å². The Bertz CT molecular complexity index is 632. The van der Waals surface area contributed by atoms with Gasteiger partial charge in [-0.2, -0.15) is 0 Å². The zero-order valence-corrected chi connectivity index (χ0v) is 19.9. The summed E-state index contributed by atoms with van der Waals surface area (Å²) in [6.45, 7) is 13.6. The fraction of sp³-hybridized carbons (Fsp3) is 0.720. The van der Waals surface area contributed by atoms with Crippen molar-refractivity contribution >= 4 is 11.6 Å². The minimum Gasteiger partial charge on any atom is -0.492 e. The van der Waals surface area contributed by atoms with E-state index in [9.17, 15) is 4.79 Å². The molecule has 1 aliphatic heterocycles. The van der Waals surface area contributed by atoms with Crippen LogP contribution in [0.25, 0.3) is 0 Å². The minimum atomic E-state index is -0.803. The zero-order chi connectivity index (χ0) is 22.1. The van der Waals surface area contributed by atoms with Crippen LogP contribution in [-0.4, -0.2) is 49.3 Å². The molecule has 5 nitrogen and oxygen atoms in total. The van der Waals surface area contributed by atoms with E-state index in [0.29, 0.717) is 37.3 Å². The van der Waals surface area contributed by atoms with E-state index >= 15 is 0 Å². The first-order valence-corrected chi connectivity index (χ1v) is 11.6. The summed E-state index contributed by atoms with van der Waals surface area (Å²) in [7, 11) is 1.64. The van der Waals surface area contributed by atoms with E-state index in [1.165, 1.54) is 25.8 Å². The molecule has 1 amide bonds. The second-order valence-electron chi connectivity index (χ2n) is 9.60. The highest BCUT2D eigenvalue weighted by atomic mass is 16.5. The molecule has 1 heterocycles. The van der Waals surface area contributed by atoms with Crippen molar-refractivity contribution in [3.8, 4) is 5.75 Å². The van der Waals surface area contributed by atoms with Gasteiger partial charge in [0.05, 0.1) is 0 Å². The molecule has 0 unspecified atom stereocenters. The standard InChI is InChI=1S/C25H42N2O3/c1-19(2)17-25(29-6,18-20(3)4)24(28)26-22-10-12-23(13-11-22)30-16-15-27-14-8-7-9-21(27)5/h10-13,19-21H,7-9,14-18H2,1-6H3,(H,26,28)/t21-/m0/s1. The third-order valence-corrected chi connectivity index (χ3v) is 5.98. The second-order valence-corrected chi connectivity index (χ2v) is 9.60. The third kappa shape index (κ3) is 7.28. The summed E-state index contributed by atoms with van der Waals surface area (Å²) in [5.74, 6) is 1.50. The maximum absolute atomic E-state index is 13.1. The van der Waals surface area contributed by atoms with Gasteiger partial charge in [-0.1, -0.05) is 34.1 Å². The van der Waals surface area contributed by atoms with Crippen molar-refractivity contribution < 1.29 is 14.3 Å². The lowest BCUT2D eigenvalue weighted by Crippen LogP contribution is -2.46. The van der Waals surface area contributed by atoms with Crippen molar-refractivity contribution in [1.29, 1.82) is 0 Å². The summed E-state index contributed by atoms with van der Waals surface area (Å²) in [6, 6.07) is 8.31. The molecular formula is C25H42N2O3. The van der Waals surface area contributed by atoms with Gasteiger partial charge in [0, 0.05) is 25.4 Å². The first-order valence-electron chi connectivity index (χ1n) is 11.6. The number of likely N-dealkylation sites (tertiary alicyclic amines) is 1.